The first-order valence-corrected chi connectivity index (χ1v) is 9.88. The third-order valence-electron chi connectivity index (χ3n) is 5.22. The van der Waals surface area contributed by atoms with Crippen LogP contribution < -0.4 is 4.74 Å². The van der Waals surface area contributed by atoms with E-state index in [0.717, 1.165) is 24.2 Å². The van der Waals surface area contributed by atoms with Crippen molar-refractivity contribution in [2.45, 2.75) is 39.4 Å². The van der Waals surface area contributed by atoms with E-state index in [4.69, 9.17) is 16.3 Å². The van der Waals surface area contributed by atoms with Gasteiger partial charge in [0.2, 0.25) is 0 Å². The molecule has 3 rings (SSSR count). The molecule has 0 aliphatic carbocycles. The summed E-state index contributed by atoms with van der Waals surface area (Å²) in [6.45, 7) is 8.24. The molecule has 0 radical (unpaired) electrons. The topological polar surface area (TPSA) is 32.8 Å². The highest BCUT2D eigenvalue weighted by Crippen LogP contribution is 2.23. The molecule has 2 atom stereocenters. The Morgan fingerprint density at radius 2 is 1.86 bits per heavy atom. The Bertz CT molecular complexity index is 828. The van der Waals surface area contributed by atoms with Gasteiger partial charge in [0.25, 0.3) is 5.91 Å². The molecule has 1 fully saturated rings. The lowest BCUT2D eigenvalue weighted by molar-refractivity contribution is -0.139. The Morgan fingerprint density at radius 1 is 1.14 bits per heavy atom. The second-order valence-corrected chi connectivity index (χ2v) is 7.93. The summed E-state index contributed by atoms with van der Waals surface area (Å²) in [5, 5.41) is 0.649. The van der Waals surface area contributed by atoms with E-state index < -0.39 is 0 Å². The number of hydrogen-bond acceptors (Lipinski definition) is 3. The largest absolute Gasteiger partial charge is 0.483 e. The quantitative estimate of drug-likeness (QED) is 0.745. The van der Waals surface area contributed by atoms with E-state index in [1.807, 2.05) is 30.0 Å². The molecule has 0 saturated carbocycles. The number of carbonyl (C=O) groups is 1. The van der Waals surface area contributed by atoms with Crippen molar-refractivity contribution in [3.05, 3.63) is 64.4 Å². The smallest absolute Gasteiger partial charge is 0.260 e. The van der Waals surface area contributed by atoms with Crippen LogP contribution in [0.4, 0.5) is 4.39 Å². The monoisotopic (exact) mass is 404 g/mol. The summed E-state index contributed by atoms with van der Waals surface area (Å²) >= 11 is 5.96. The zero-order valence-corrected chi connectivity index (χ0v) is 17.2. The van der Waals surface area contributed by atoms with Crippen molar-refractivity contribution in [2.24, 2.45) is 0 Å². The highest BCUT2D eigenvalue weighted by molar-refractivity contribution is 6.30. The molecule has 1 aliphatic heterocycles. The molecule has 4 nitrogen and oxygen atoms in total. The number of piperazine rings is 1. The molecule has 1 heterocycles. The first-order chi connectivity index (χ1) is 13.3. The van der Waals surface area contributed by atoms with Gasteiger partial charge in [-0.05, 0) is 62.2 Å². The summed E-state index contributed by atoms with van der Waals surface area (Å²) in [7, 11) is 0. The first kappa shape index (κ1) is 20.6. The molecule has 150 valence electrons. The lowest BCUT2D eigenvalue weighted by atomic mass is 10.1. The number of ether oxygens (including phenoxy) is 1. The Balaban J connectivity index is 1.57. The molecule has 0 spiro atoms. The van der Waals surface area contributed by atoms with Gasteiger partial charge in [-0.15, -0.1) is 0 Å². The number of carbonyl (C=O) groups excluding carboxylic acids is 1. The summed E-state index contributed by atoms with van der Waals surface area (Å²) in [5.41, 5.74) is 1.98. The summed E-state index contributed by atoms with van der Waals surface area (Å²) in [6.07, 6.45) is 0. The lowest BCUT2D eigenvalue weighted by Gasteiger charge is -2.44. The van der Waals surface area contributed by atoms with Crippen LogP contribution in [0.2, 0.25) is 5.02 Å². The summed E-state index contributed by atoms with van der Waals surface area (Å²) < 4.78 is 18.8. The summed E-state index contributed by atoms with van der Waals surface area (Å²) in [5.74, 6) is 0.431. The van der Waals surface area contributed by atoms with Crippen LogP contribution in [0, 0.1) is 12.7 Å². The Hall–Kier alpha value is -2.11. The van der Waals surface area contributed by atoms with Crippen molar-refractivity contribution >= 4 is 17.5 Å². The predicted octanol–water partition coefficient (Wildman–Crippen LogP) is 4.29. The number of hydrogen-bond donors (Lipinski definition) is 0. The van der Waals surface area contributed by atoms with Crippen molar-refractivity contribution < 1.29 is 13.9 Å². The molecule has 0 bridgehead atoms. The minimum Gasteiger partial charge on any atom is -0.483 e. The van der Waals surface area contributed by atoms with Gasteiger partial charge >= 0.3 is 0 Å². The van der Waals surface area contributed by atoms with Crippen LogP contribution in [0.1, 0.15) is 25.0 Å². The van der Waals surface area contributed by atoms with Gasteiger partial charge < -0.3 is 9.64 Å². The van der Waals surface area contributed by atoms with Crippen LogP contribution in [0.15, 0.2) is 42.5 Å². The number of rotatable bonds is 5. The minimum absolute atomic E-state index is 0.0114. The van der Waals surface area contributed by atoms with Crippen LogP contribution in [-0.2, 0) is 11.3 Å². The van der Waals surface area contributed by atoms with E-state index >= 15 is 0 Å². The molecule has 2 aromatic rings. The predicted molar refractivity (Wildman–Crippen MR) is 109 cm³/mol. The van der Waals surface area contributed by atoms with Gasteiger partial charge in [0.05, 0.1) is 0 Å². The molecule has 2 aromatic carbocycles. The number of benzene rings is 2. The van der Waals surface area contributed by atoms with E-state index in [-0.39, 0.29) is 30.4 Å². The highest BCUT2D eigenvalue weighted by Gasteiger charge is 2.32. The fourth-order valence-electron chi connectivity index (χ4n) is 3.59. The van der Waals surface area contributed by atoms with Crippen molar-refractivity contribution in [2.75, 3.05) is 19.7 Å². The maximum absolute atomic E-state index is 13.1. The van der Waals surface area contributed by atoms with Crippen molar-refractivity contribution in [3.63, 3.8) is 0 Å². The van der Waals surface area contributed by atoms with Crippen molar-refractivity contribution in [1.29, 1.82) is 0 Å². The maximum Gasteiger partial charge on any atom is 0.260 e. The van der Waals surface area contributed by atoms with Crippen molar-refractivity contribution in [3.8, 4) is 5.75 Å². The van der Waals surface area contributed by atoms with Gasteiger partial charge in [0.1, 0.15) is 11.6 Å². The van der Waals surface area contributed by atoms with Crippen LogP contribution in [0.3, 0.4) is 0 Å². The Morgan fingerprint density at radius 3 is 2.54 bits per heavy atom. The molecule has 28 heavy (non-hydrogen) atoms. The molecular weight excluding hydrogens is 379 g/mol. The third kappa shape index (κ3) is 5.03. The van der Waals surface area contributed by atoms with Crippen molar-refractivity contribution in [1.82, 2.24) is 9.80 Å². The molecule has 1 amide bonds. The van der Waals surface area contributed by atoms with E-state index in [1.165, 1.54) is 12.1 Å². The Kier molecular flexibility index (Phi) is 6.57. The average molecular weight is 405 g/mol. The minimum atomic E-state index is -0.225. The first-order valence-electron chi connectivity index (χ1n) is 9.50. The second kappa shape index (κ2) is 8.93. The zero-order valence-electron chi connectivity index (χ0n) is 16.5. The fourth-order valence-corrected chi connectivity index (χ4v) is 3.81. The SMILES string of the molecule is Cc1cc(Cl)ccc1OCC(=O)N1C[C@@H](C)N(Cc2ccc(F)cc2)C[C@@H]1C. The number of aryl methyl sites for hydroxylation is 1. The zero-order chi connectivity index (χ0) is 20.3. The van der Waals surface area contributed by atoms with Crippen LogP contribution >= 0.6 is 11.6 Å². The molecule has 0 aromatic heterocycles. The van der Waals surface area contributed by atoms with Gasteiger partial charge in [-0.2, -0.15) is 0 Å². The lowest BCUT2D eigenvalue weighted by Crippen LogP contribution is -2.58. The number of nitrogens with zero attached hydrogens (tertiary/aromatic N) is 2. The molecule has 1 aliphatic rings. The standard InChI is InChI=1S/C22H26ClFN2O2/c1-15-10-19(23)6-9-21(15)28-14-22(27)26-12-16(2)25(11-17(26)3)13-18-4-7-20(24)8-5-18/h4-10,16-17H,11-14H2,1-3H3/t16-,17+/m1/s1. The average Bonchev–Trinajstić information content (AvgIpc) is 2.65. The van der Waals surface area contributed by atoms with E-state index in [2.05, 4.69) is 18.7 Å². The van der Waals surface area contributed by atoms with Gasteiger partial charge in [-0.25, -0.2) is 4.39 Å². The maximum atomic E-state index is 13.1. The molecular formula is C22H26ClFN2O2. The molecule has 1 saturated heterocycles. The van der Waals surface area contributed by atoms with Gasteiger partial charge in [0, 0.05) is 36.7 Å². The second-order valence-electron chi connectivity index (χ2n) is 7.50. The van der Waals surface area contributed by atoms with Gasteiger partial charge in [0.15, 0.2) is 6.61 Å². The van der Waals surface area contributed by atoms with E-state index in [0.29, 0.717) is 17.3 Å². The summed E-state index contributed by atoms with van der Waals surface area (Å²) in [6, 6.07) is 12.3. The Labute approximate surface area is 170 Å². The highest BCUT2D eigenvalue weighted by atomic mass is 35.5. The van der Waals surface area contributed by atoms with E-state index in [1.54, 1.807) is 12.1 Å². The molecule has 0 N–H and O–H groups in total. The fraction of sp³-hybridized carbons (Fsp3) is 0.409. The molecule has 6 heteroatoms. The summed E-state index contributed by atoms with van der Waals surface area (Å²) in [4.78, 5) is 16.9. The number of halogens is 2. The van der Waals surface area contributed by atoms with Gasteiger partial charge in [-0.1, -0.05) is 23.7 Å². The van der Waals surface area contributed by atoms with E-state index in [9.17, 15) is 9.18 Å². The third-order valence-corrected chi connectivity index (χ3v) is 5.46. The normalized spacial score (nSPS) is 20.2. The van der Waals surface area contributed by atoms with Gasteiger partial charge in [-0.3, -0.25) is 9.69 Å². The van der Waals surface area contributed by atoms with Crippen LogP contribution in [-0.4, -0.2) is 47.5 Å². The molecule has 0 unspecified atom stereocenters. The van der Waals surface area contributed by atoms with Crippen LogP contribution in [0.25, 0.3) is 0 Å². The van der Waals surface area contributed by atoms with Crippen LogP contribution in [0.5, 0.6) is 5.75 Å². The number of amides is 1.